The molecule has 0 spiro atoms. The van der Waals surface area contributed by atoms with Gasteiger partial charge in [-0.15, -0.1) is 0 Å². The first-order valence-electron chi connectivity index (χ1n) is 10.3. The average molecular weight is 479 g/mol. The van der Waals surface area contributed by atoms with Gasteiger partial charge in [-0.3, -0.25) is 4.79 Å². The van der Waals surface area contributed by atoms with Gasteiger partial charge in [-0.05, 0) is 44.1 Å². The first-order valence-corrected chi connectivity index (χ1v) is 10.3. The van der Waals surface area contributed by atoms with Gasteiger partial charge >= 0.3 is 6.18 Å². The third kappa shape index (κ3) is 4.67. The van der Waals surface area contributed by atoms with Crippen LogP contribution in [-0.4, -0.2) is 44.0 Å². The normalized spacial score (nSPS) is 19.1. The van der Waals surface area contributed by atoms with Crippen LogP contribution in [-0.2, 0) is 11.2 Å². The number of amides is 1. The van der Waals surface area contributed by atoms with Crippen molar-refractivity contribution in [3.05, 3.63) is 65.7 Å². The summed E-state index contributed by atoms with van der Waals surface area (Å²) in [6.45, 7) is 2.45. The molecule has 2 aromatic rings. The largest absolute Gasteiger partial charge is 0.416 e. The summed E-state index contributed by atoms with van der Waals surface area (Å²) in [5.74, 6) is -0.907. The van der Waals surface area contributed by atoms with E-state index in [2.05, 4.69) is 20.8 Å². The second kappa shape index (κ2) is 8.60. The van der Waals surface area contributed by atoms with Crippen molar-refractivity contribution in [3.8, 4) is 11.4 Å². The van der Waals surface area contributed by atoms with Crippen LogP contribution in [0.2, 0.25) is 0 Å². The topological polar surface area (TPSA) is 104 Å². The van der Waals surface area contributed by atoms with Gasteiger partial charge in [0, 0.05) is 30.1 Å². The van der Waals surface area contributed by atoms with Gasteiger partial charge in [0.05, 0.1) is 0 Å². The Morgan fingerprint density at radius 3 is 2.85 bits per heavy atom. The van der Waals surface area contributed by atoms with Crippen molar-refractivity contribution >= 4 is 11.6 Å². The van der Waals surface area contributed by atoms with Gasteiger partial charge in [-0.25, -0.2) is 4.39 Å². The van der Waals surface area contributed by atoms with E-state index in [1.54, 1.807) is 31.2 Å². The lowest BCUT2D eigenvalue weighted by atomic mass is 10.00. The number of rotatable bonds is 6. The molecule has 2 atom stereocenters. The van der Waals surface area contributed by atoms with Crippen molar-refractivity contribution in [2.75, 3.05) is 5.32 Å². The number of aromatic nitrogens is 2. The summed E-state index contributed by atoms with van der Waals surface area (Å²) in [6, 6.07) is 4.98. The summed E-state index contributed by atoms with van der Waals surface area (Å²) in [5.41, 5.74) is -1.04. The second-order valence-electron chi connectivity index (χ2n) is 8.19. The molecule has 1 aromatic heterocycles. The maximum absolute atomic E-state index is 13.6. The van der Waals surface area contributed by atoms with Crippen molar-refractivity contribution in [2.45, 2.75) is 44.6 Å². The molecule has 0 saturated heterocycles. The van der Waals surface area contributed by atoms with E-state index in [1.165, 1.54) is 23.4 Å². The molecular formula is C22H21F4N5O3. The van der Waals surface area contributed by atoms with Crippen molar-refractivity contribution < 1.29 is 32.0 Å². The number of hydrogen-bond donors (Lipinski definition) is 3. The predicted molar refractivity (Wildman–Crippen MR) is 113 cm³/mol. The van der Waals surface area contributed by atoms with Gasteiger partial charge < -0.3 is 25.2 Å². The number of nitrogens with one attached hydrogen (secondary N) is 2. The van der Waals surface area contributed by atoms with Crippen molar-refractivity contribution in [3.63, 3.8) is 0 Å². The lowest BCUT2D eigenvalue weighted by Gasteiger charge is -2.25. The highest BCUT2D eigenvalue weighted by Crippen LogP contribution is 2.34. The minimum atomic E-state index is -4.78. The standard InChI is InChI=1S/C22H21F4N5O3/c1-12-3-4-13(19-29-18(34-30-19)7-8-21(2,33)22(24,25)26)9-15(12)28-20(32)16-10-27-17-6-5-14(23)11-31(16)17/h3-6,9-11,17,27,33H,7-8H2,1-2H3,(H,28,32)/t17?,21-/m1/s1. The first kappa shape index (κ1) is 23.5. The molecule has 0 radical (unpaired) electrons. The minimum absolute atomic E-state index is 0.0640. The molecule has 2 aliphatic heterocycles. The third-order valence-electron chi connectivity index (χ3n) is 5.55. The van der Waals surface area contributed by atoms with Crippen LogP contribution < -0.4 is 10.6 Å². The molecular weight excluding hydrogens is 458 g/mol. The highest BCUT2D eigenvalue weighted by molar-refractivity contribution is 6.04. The third-order valence-corrected chi connectivity index (χ3v) is 5.55. The highest BCUT2D eigenvalue weighted by atomic mass is 19.4. The number of nitrogens with zero attached hydrogens (tertiary/aromatic N) is 3. The molecule has 0 bridgehead atoms. The number of allylic oxidation sites excluding steroid dienone is 2. The zero-order chi connectivity index (χ0) is 24.7. The van der Waals surface area contributed by atoms with E-state index in [0.29, 0.717) is 18.2 Å². The Labute approximate surface area is 191 Å². The van der Waals surface area contributed by atoms with E-state index in [-0.39, 0.29) is 30.0 Å². The number of carbonyl (C=O) groups excluding carboxylic acids is 1. The lowest BCUT2D eigenvalue weighted by Crippen LogP contribution is -2.42. The summed E-state index contributed by atoms with van der Waals surface area (Å²) in [6.07, 6.45) is -0.459. The Bertz CT molecular complexity index is 1200. The summed E-state index contributed by atoms with van der Waals surface area (Å²) in [7, 11) is 0. The fraction of sp³-hybridized carbons (Fsp3) is 0.318. The van der Waals surface area contributed by atoms with E-state index >= 15 is 0 Å². The van der Waals surface area contributed by atoms with Crippen LogP contribution in [0.5, 0.6) is 0 Å². The van der Waals surface area contributed by atoms with Gasteiger partial charge in [-0.1, -0.05) is 17.3 Å². The quantitative estimate of drug-likeness (QED) is 0.543. The molecule has 180 valence electrons. The Hall–Kier alpha value is -3.67. The predicted octanol–water partition coefficient (Wildman–Crippen LogP) is 3.68. The molecule has 0 saturated carbocycles. The Morgan fingerprint density at radius 1 is 1.35 bits per heavy atom. The molecule has 3 N–H and O–H groups in total. The molecule has 0 aliphatic carbocycles. The van der Waals surface area contributed by atoms with Crippen LogP contribution in [0.1, 0.15) is 24.8 Å². The molecule has 8 nitrogen and oxygen atoms in total. The van der Waals surface area contributed by atoms with E-state index in [9.17, 15) is 27.5 Å². The van der Waals surface area contributed by atoms with Crippen molar-refractivity contribution in [1.29, 1.82) is 0 Å². The van der Waals surface area contributed by atoms with Gasteiger partial charge in [0.1, 0.15) is 17.7 Å². The number of benzene rings is 1. The Morgan fingerprint density at radius 2 is 2.12 bits per heavy atom. The van der Waals surface area contributed by atoms with E-state index < -0.39 is 29.9 Å². The molecule has 12 heteroatoms. The summed E-state index contributed by atoms with van der Waals surface area (Å²) < 4.78 is 57.1. The fourth-order valence-electron chi connectivity index (χ4n) is 3.36. The van der Waals surface area contributed by atoms with Crippen LogP contribution in [0.4, 0.5) is 23.2 Å². The minimum Gasteiger partial charge on any atom is -0.381 e. The number of aryl methyl sites for hydroxylation is 2. The van der Waals surface area contributed by atoms with E-state index in [1.807, 2.05) is 0 Å². The average Bonchev–Trinajstić information content (AvgIpc) is 3.40. The van der Waals surface area contributed by atoms with Crippen molar-refractivity contribution in [1.82, 2.24) is 20.4 Å². The van der Waals surface area contributed by atoms with Gasteiger partial charge in [0.2, 0.25) is 11.7 Å². The molecule has 3 heterocycles. The molecule has 2 aliphatic rings. The van der Waals surface area contributed by atoms with E-state index in [0.717, 1.165) is 5.56 Å². The van der Waals surface area contributed by atoms with E-state index in [4.69, 9.17) is 4.52 Å². The highest BCUT2D eigenvalue weighted by Gasteiger charge is 2.49. The molecule has 1 unspecified atom stereocenters. The van der Waals surface area contributed by atoms with Gasteiger partial charge in [0.15, 0.2) is 5.60 Å². The van der Waals surface area contributed by atoms with Gasteiger partial charge in [-0.2, -0.15) is 18.2 Å². The number of aliphatic hydroxyl groups is 1. The number of anilines is 1. The summed E-state index contributed by atoms with van der Waals surface area (Å²) >= 11 is 0. The zero-order valence-electron chi connectivity index (χ0n) is 18.2. The Balaban J connectivity index is 1.47. The Kier molecular flexibility index (Phi) is 5.94. The fourth-order valence-corrected chi connectivity index (χ4v) is 3.36. The summed E-state index contributed by atoms with van der Waals surface area (Å²) in [4.78, 5) is 18.4. The number of carbonyl (C=O) groups is 1. The molecule has 1 aromatic carbocycles. The van der Waals surface area contributed by atoms with Crippen LogP contribution in [0.15, 0.2) is 58.8 Å². The smallest absolute Gasteiger partial charge is 0.381 e. The number of halogens is 4. The molecule has 0 fully saturated rings. The second-order valence-corrected chi connectivity index (χ2v) is 8.19. The SMILES string of the molecule is Cc1ccc(-c2noc(CC[C@@](C)(O)C(F)(F)F)n2)cc1NC(=O)C1=CNC2C=CC(F)=CN12. The number of fused-ring (bicyclic) bond motifs is 1. The van der Waals surface area contributed by atoms with Crippen LogP contribution in [0, 0.1) is 6.92 Å². The van der Waals surface area contributed by atoms with Crippen LogP contribution in [0.25, 0.3) is 11.4 Å². The van der Waals surface area contributed by atoms with Gasteiger partial charge in [0.25, 0.3) is 5.91 Å². The number of hydrogen-bond acceptors (Lipinski definition) is 7. The monoisotopic (exact) mass is 479 g/mol. The maximum Gasteiger partial charge on any atom is 0.416 e. The summed E-state index contributed by atoms with van der Waals surface area (Å²) in [5, 5.41) is 19.1. The molecule has 34 heavy (non-hydrogen) atoms. The van der Waals surface area contributed by atoms with Crippen molar-refractivity contribution in [2.24, 2.45) is 0 Å². The first-order chi connectivity index (χ1) is 15.9. The van der Waals surface area contributed by atoms with Crippen LogP contribution >= 0.6 is 0 Å². The molecule has 4 rings (SSSR count). The zero-order valence-corrected chi connectivity index (χ0v) is 18.2. The molecule has 1 amide bonds. The number of alkyl halides is 3. The lowest BCUT2D eigenvalue weighted by molar-refractivity contribution is -0.255. The van der Waals surface area contributed by atoms with Crippen LogP contribution in [0.3, 0.4) is 0 Å². The maximum atomic E-state index is 13.6.